The normalized spacial score (nSPS) is 30.5. The van der Waals surface area contributed by atoms with Gasteiger partial charge in [0, 0.05) is 26.2 Å². The summed E-state index contributed by atoms with van der Waals surface area (Å²) in [5.41, 5.74) is 0.353. The maximum Gasteiger partial charge on any atom is 0.138 e. The van der Waals surface area contributed by atoms with E-state index in [9.17, 15) is 4.39 Å². The molecule has 0 aliphatic carbocycles. The number of nitrogens with zero attached hydrogens (tertiary/aromatic N) is 1. The Bertz CT molecular complexity index is 597. The molecular formula is C22H36FNOS. The van der Waals surface area contributed by atoms with Gasteiger partial charge in [-0.3, -0.25) is 4.90 Å². The van der Waals surface area contributed by atoms with Crippen LogP contribution in [-0.4, -0.2) is 30.2 Å². The summed E-state index contributed by atoms with van der Waals surface area (Å²) in [5.74, 6) is 2.10. The SMILES string of the molecule is C[C@@H]1CC(CC(C)(C)C2CCOC(C)(C)C2)CN(Cc2sccc2F)C1. The molecule has 2 aliphatic heterocycles. The third kappa shape index (κ3) is 5.08. The Morgan fingerprint density at radius 3 is 2.77 bits per heavy atom. The van der Waals surface area contributed by atoms with Crippen LogP contribution >= 0.6 is 11.3 Å². The van der Waals surface area contributed by atoms with E-state index in [1.54, 1.807) is 17.4 Å². The van der Waals surface area contributed by atoms with Crippen molar-refractivity contribution in [2.75, 3.05) is 19.7 Å². The van der Waals surface area contributed by atoms with E-state index in [1.165, 1.54) is 19.3 Å². The molecule has 0 radical (unpaired) electrons. The molecule has 0 saturated carbocycles. The van der Waals surface area contributed by atoms with Crippen LogP contribution in [0, 0.1) is 29.0 Å². The first kappa shape index (κ1) is 20.3. The standard InChI is InChI=1S/C22H36FNOS/c1-16-10-17(14-24(13-16)15-20-19(23)7-9-26-20)11-21(2,3)18-6-8-25-22(4,5)12-18/h7,9,16-18H,6,8,10-15H2,1-5H3/t16-,17?,18?/m1/s1. The molecule has 4 heteroatoms. The number of ether oxygens (including phenoxy) is 1. The number of hydrogen-bond donors (Lipinski definition) is 0. The minimum Gasteiger partial charge on any atom is -0.376 e. The van der Waals surface area contributed by atoms with Crippen molar-refractivity contribution in [2.24, 2.45) is 23.2 Å². The van der Waals surface area contributed by atoms with Crippen LogP contribution < -0.4 is 0 Å². The third-order valence-electron chi connectivity index (χ3n) is 6.50. The summed E-state index contributed by atoms with van der Waals surface area (Å²) < 4.78 is 19.8. The van der Waals surface area contributed by atoms with Crippen molar-refractivity contribution in [3.63, 3.8) is 0 Å². The van der Waals surface area contributed by atoms with Gasteiger partial charge in [0.25, 0.3) is 0 Å². The molecule has 0 N–H and O–H groups in total. The second kappa shape index (κ2) is 7.89. The highest BCUT2D eigenvalue weighted by Gasteiger charge is 2.40. The van der Waals surface area contributed by atoms with Gasteiger partial charge in [-0.25, -0.2) is 4.39 Å². The van der Waals surface area contributed by atoms with Gasteiger partial charge in [-0.05, 0) is 74.1 Å². The van der Waals surface area contributed by atoms with Gasteiger partial charge >= 0.3 is 0 Å². The van der Waals surface area contributed by atoms with Crippen molar-refractivity contribution in [1.82, 2.24) is 4.90 Å². The molecule has 1 aromatic heterocycles. The predicted octanol–water partition coefficient (Wildman–Crippen LogP) is 5.97. The predicted molar refractivity (Wildman–Crippen MR) is 108 cm³/mol. The second-order valence-corrected chi connectivity index (χ2v) is 11.1. The van der Waals surface area contributed by atoms with E-state index in [4.69, 9.17) is 4.74 Å². The van der Waals surface area contributed by atoms with Crippen molar-refractivity contribution in [1.29, 1.82) is 0 Å². The first-order valence-corrected chi connectivity index (χ1v) is 11.1. The lowest BCUT2D eigenvalue weighted by Crippen LogP contribution is -2.44. The highest BCUT2D eigenvalue weighted by Crippen LogP contribution is 2.45. The number of thiophene rings is 1. The van der Waals surface area contributed by atoms with E-state index >= 15 is 0 Å². The molecule has 1 aromatic rings. The van der Waals surface area contributed by atoms with Crippen LogP contribution in [0.25, 0.3) is 0 Å². The molecule has 0 spiro atoms. The molecule has 0 bridgehead atoms. The van der Waals surface area contributed by atoms with Crippen LogP contribution in [0.5, 0.6) is 0 Å². The van der Waals surface area contributed by atoms with Gasteiger partial charge < -0.3 is 4.74 Å². The lowest BCUT2D eigenvalue weighted by atomic mass is 9.66. The van der Waals surface area contributed by atoms with Gasteiger partial charge in [0.1, 0.15) is 5.82 Å². The van der Waals surface area contributed by atoms with Crippen LogP contribution in [0.3, 0.4) is 0 Å². The van der Waals surface area contributed by atoms with Crippen molar-refractivity contribution in [2.45, 2.75) is 72.4 Å². The second-order valence-electron chi connectivity index (χ2n) is 10.1. The summed E-state index contributed by atoms with van der Waals surface area (Å²) in [5, 5.41) is 1.87. The highest BCUT2D eigenvalue weighted by atomic mass is 32.1. The van der Waals surface area contributed by atoms with Gasteiger partial charge in [0.15, 0.2) is 0 Å². The van der Waals surface area contributed by atoms with Gasteiger partial charge in [-0.15, -0.1) is 11.3 Å². The number of likely N-dealkylation sites (tertiary alicyclic amines) is 1. The average Bonchev–Trinajstić information content (AvgIpc) is 2.90. The minimum absolute atomic E-state index is 0.0166. The zero-order chi connectivity index (χ0) is 18.9. The smallest absolute Gasteiger partial charge is 0.138 e. The molecule has 3 atom stereocenters. The zero-order valence-corrected chi connectivity index (χ0v) is 18.0. The Kier molecular flexibility index (Phi) is 6.15. The number of halogens is 1. The fourth-order valence-corrected chi connectivity index (χ4v) is 6.12. The quantitative estimate of drug-likeness (QED) is 0.623. The summed E-state index contributed by atoms with van der Waals surface area (Å²) in [7, 11) is 0. The van der Waals surface area contributed by atoms with E-state index < -0.39 is 0 Å². The molecule has 3 rings (SSSR count). The molecule has 2 unspecified atom stereocenters. The first-order valence-electron chi connectivity index (χ1n) is 10.2. The largest absolute Gasteiger partial charge is 0.376 e. The molecule has 2 fully saturated rings. The average molecular weight is 382 g/mol. The number of hydrogen-bond acceptors (Lipinski definition) is 3. The molecule has 0 aromatic carbocycles. The maximum absolute atomic E-state index is 13.9. The van der Waals surface area contributed by atoms with Crippen LogP contribution in [0.1, 0.15) is 65.2 Å². The Morgan fingerprint density at radius 1 is 1.35 bits per heavy atom. The fraction of sp³-hybridized carbons (Fsp3) is 0.818. The molecule has 2 saturated heterocycles. The Morgan fingerprint density at radius 2 is 2.12 bits per heavy atom. The summed E-state index contributed by atoms with van der Waals surface area (Å²) in [6.45, 7) is 15.6. The van der Waals surface area contributed by atoms with Gasteiger partial charge in [0.2, 0.25) is 0 Å². The van der Waals surface area contributed by atoms with E-state index in [2.05, 4.69) is 39.5 Å². The molecule has 2 aliphatic rings. The van der Waals surface area contributed by atoms with Crippen LogP contribution in [0.15, 0.2) is 11.4 Å². The van der Waals surface area contributed by atoms with Gasteiger partial charge in [0.05, 0.1) is 10.5 Å². The Labute approximate surface area is 163 Å². The van der Waals surface area contributed by atoms with E-state index in [0.29, 0.717) is 17.3 Å². The topological polar surface area (TPSA) is 12.5 Å². The van der Waals surface area contributed by atoms with Crippen molar-refractivity contribution >= 4 is 11.3 Å². The number of rotatable bonds is 5. The number of piperidine rings is 1. The van der Waals surface area contributed by atoms with Crippen molar-refractivity contribution in [3.05, 3.63) is 22.1 Å². The summed E-state index contributed by atoms with van der Waals surface area (Å²) in [4.78, 5) is 3.38. The van der Waals surface area contributed by atoms with E-state index in [-0.39, 0.29) is 11.4 Å². The van der Waals surface area contributed by atoms with Gasteiger partial charge in [-0.2, -0.15) is 0 Å². The monoisotopic (exact) mass is 381 g/mol. The lowest BCUT2D eigenvalue weighted by molar-refractivity contribution is -0.0982. The maximum atomic E-state index is 13.9. The third-order valence-corrected chi connectivity index (χ3v) is 7.38. The lowest BCUT2D eigenvalue weighted by Gasteiger charge is -2.46. The summed E-state index contributed by atoms with van der Waals surface area (Å²) in [6.07, 6.45) is 4.91. The molecule has 3 heterocycles. The summed E-state index contributed by atoms with van der Waals surface area (Å²) in [6, 6.07) is 1.60. The Balaban J connectivity index is 1.61. The zero-order valence-electron chi connectivity index (χ0n) is 17.2. The Hall–Kier alpha value is -0.450. The molecule has 148 valence electrons. The highest BCUT2D eigenvalue weighted by molar-refractivity contribution is 7.09. The minimum atomic E-state index is -0.0328. The fourth-order valence-electron chi connectivity index (χ4n) is 5.33. The van der Waals surface area contributed by atoms with Crippen molar-refractivity contribution < 1.29 is 9.13 Å². The van der Waals surface area contributed by atoms with Crippen LogP contribution in [0.4, 0.5) is 4.39 Å². The van der Waals surface area contributed by atoms with Crippen LogP contribution in [-0.2, 0) is 11.3 Å². The van der Waals surface area contributed by atoms with E-state index in [1.807, 2.05) is 5.38 Å². The van der Waals surface area contributed by atoms with Crippen LogP contribution in [0.2, 0.25) is 0 Å². The molecular weight excluding hydrogens is 345 g/mol. The van der Waals surface area contributed by atoms with Gasteiger partial charge in [-0.1, -0.05) is 20.8 Å². The first-order chi connectivity index (χ1) is 12.1. The molecule has 0 amide bonds. The molecule has 26 heavy (non-hydrogen) atoms. The van der Waals surface area contributed by atoms with E-state index in [0.717, 1.165) is 43.5 Å². The summed E-state index contributed by atoms with van der Waals surface area (Å²) >= 11 is 1.55. The molecule has 2 nitrogen and oxygen atoms in total. The van der Waals surface area contributed by atoms with Crippen molar-refractivity contribution in [3.8, 4) is 0 Å².